The fourth-order valence-corrected chi connectivity index (χ4v) is 5.84. The largest absolute Gasteiger partial charge is 0.417 e. The first-order valence-corrected chi connectivity index (χ1v) is 18.0. The van der Waals surface area contributed by atoms with Crippen LogP contribution in [-0.2, 0) is 23.1 Å². The normalized spacial score (nSPS) is 23.9. The summed E-state index contributed by atoms with van der Waals surface area (Å²) in [6.45, 7) is 23.5. The van der Waals surface area contributed by atoms with Crippen LogP contribution in [0.3, 0.4) is 0 Å². The summed E-state index contributed by atoms with van der Waals surface area (Å²) in [7, 11) is -3.95. The predicted molar refractivity (Wildman–Crippen MR) is 139 cm³/mol. The van der Waals surface area contributed by atoms with E-state index in [9.17, 15) is 4.79 Å². The Morgan fingerprint density at radius 3 is 2.09 bits per heavy atom. The number of benzene rings is 1. The lowest BCUT2D eigenvalue weighted by Crippen LogP contribution is -2.51. The molecular weight excluding hydrogens is 448 g/mol. The molecule has 1 aromatic rings. The van der Waals surface area contributed by atoms with Crippen LogP contribution in [0.2, 0.25) is 36.3 Å². The van der Waals surface area contributed by atoms with E-state index >= 15 is 0 Å². The second kappa shape index (κ2) is 10.8. The molecule has 0 radical (unpaired) electrons. The number of rotatable bonds is 9. The molecule has 0 unspecified atom stereocenters. The SMILES string of the molecule is CC(C)(C)[Si](C)(C)OCC[C@H](O[Si](C)(C)C(C)(C)C)[C@@H]1CO[C@@H](c2ccccc2)O[C@H]1C=O. The molecule has 33 heavy (non-hydrogen) atoms. The molecule has 1 aromatic carbocycles. The summed E-state index contributed by atoms with van der Waals surface area (Å²) in [4.78, 5) is 12.1. The lowest BCUT2D eigenvalue weighted by molar-refractivity contribution is -0.244. The quantitative estimate of drug-likeness (QED) is 0.282. The van der Waals surface area contributed by atoms with Crippen LogP contribution < -0.4 is 0 Å². The monoisotopic (exact) mass is 494 g/mol. The molecule has 0 N–H and O–H groups in total. The molecule has 0 aliphatic carbocycles. The lowest BCUT2D eigenvalue weighted by Gasteiger charge is -2.45. The molecule has 0 saturated carbocycles. The molecular formula is C26H46O5Si2. The third-order valence-electron chi connectivity index (χ3n) is 7.75. The van der Waals surface area contributed by atoms with Gasteiger partial charge >= 0.3 is 0 Å². The van der Waals surface area contributed by atoms with E-state index in [1.165, 1.54) is 0 Å². The van der Waals surface area contributed by atoms with Crippen LogP contribution in [0.1, 0.15) is 59.8 Å². The number of aldehydes is 1. The van der Waals surface area contributed by atoms with E-state index in [2.05, 4.69) is 67.7 Å². The molecule has 1 aliphatic heterocycles. The highest BCUT2D eigenvalue weighted by Gasteiger charge is 2.45. The van der Waals surface area contributed by atoms with Gasteiger partial charge in [-0.2, -0.15) is 0 Å². The number of ether oxygens (including phenoxy) is 2. The van der Waals surface area contributed by atoms with E-state index in [4.69, 9.17) is 18.3 Å². The van der Waals surface area contributed by atoms with Gasteiger partial charge in [-0.1, -0.05) is 71.9 Å². The third-order valence-corrected chi connectivity index (χ3v) is 16.8. The average molecular weight is 495 g/mol. The third kappa shape index (κ3) is 7.32. The molecule has 2 rings (SSSR count). The van der Waals surface area contributed by atoms with Crippen LogP contribution in [0.5, 0.6) is 0 Å². The Morgan fingerprint density at radius 1 is 1.00 bits per heavy atom. The van der Waals surface area contributed by atoms with Gasteiger partial charge in [-0.05, 0) is 42.7 Å². The minimum Gasteiger partial charge on any atom is -0.417 e. The van der Waals surface area contributed by atoms with Crippen molar-refractivity contribution >= 4 is 22.9 Å². The molecule has 7 heteroatoms. The van der Waals surface area contributed by atoms with Crippen molar-refractivity contribution in [3.63, 3.8) is 0 Å². The fourth-order valence-electron chi connectivity index (χ4n) is 3.38. The highest BCUT2D eigenvalue weighted by atomic mass is 28.4. The van der Waals surface area contributed by atoms with E-state index < -0.39 is 29.0 Å². The summed E-state index contributed by atoms with van der Waals surface area (Å²) < 4.78 is 25.6. The van der Waals surface area contributed by atoms with Gasteiger partial charge < -0.3 is 23.1 Å². The van der Waals surface area contributed by atoms with Gasteiger partial charge in [0.2, 0.25) is 0 Å². The molecule has 5 nitrogen and oxygen atoms in total. The van der Waals surface area contributed by atoms with Crippen LogP contribution in [0.25, 0.3) is 0 Å². The maximum Gasteiger partial charge on any atom is 0.192 e. The summed E-state index contributed by atoms with van der Waals surface area (Å²) in [5, 5.41) is 0.208. The first-order valence-electron chi connectivity index (χ1n) is 12.2. The summed E-state index contributed by atoms with van der Waals surface area (Å²) in [6.07, 6.45) is 0.361. The molecule has 0 spiro atoms. The zero-order valence-electron chi connectivity index (χ0n) is 22.4. The average Bonchev–Trinajstić information content (AvgIpc) is 2.71. The highest BCUT2D eigenvalue weighted by Crippen LogP contribution is 2.41. The number of hydrogen-bond acceptors (Lipinski definition) is 5. The van der Waals surface area contributed by atoms with E-state index in [-0.39, 0.29) is 22.1 Å². The van der Waals surface area contributed by atoms with Gasteiger partial charge in [0.25, 0.3) is 0 Å². The Kier molecular flexibility index (Phi) is 9.32. The summed E-state index contributed by atoms with van der Waals surface area (Å²) in [5.41, 5.74) is 0.922. The zero-order valence-corrected chi connectivity index (χ0v) is 24.4. The van der Waals surface area contributed by atoms with Crippen molar-refractivity contribution in [2.45, 2.75) is 103 Å². The Morgan fingerprint density at radius 2 is 1.58 bits per heavy atom. The van der Waals surface area contributed by atoms with Gasteiger partial charge in [0.15, 0.2) is 22.9 Å². The van der Waals surface area contributed by atoms with Crippen molar-refractivity contribution in [2.75, 3.05) is 13.2 Å². The number of carbonyl (C=O) groups excluding carboxylic acids is 1. The Bertz CT molecular complexity index is 752. The van der Waals surface area contributed by atoms with E-state index in [1.54, 1.807) is 0 Å². The molecule has 1 saturated heterocycles. The smallest absolute Gasteiger partial charge is 0.192 e. The number of hydrogen-bond donors (Lipinski definition) is 0. The van der Waals surface area contributed by atoms with Gasteiger partial charge in [0.05, 0.1) is 12.7 Å². The lowest BCUT2D eigenvalue weighted by atomic mass is 9.94. The van der Waals surface area contributed by atoms with E-state index in [1.807, 2.05) is 30.3 Å². The maximum absolute atomic E-state index is 12.1. The summed E-state index contributed by atoms with van der Waals surface area (Å²) in [6, 6.07) is 9.78. The van der Waals surface area contributed by atoms with Crippen LogP contribution in [-0.4, -0.2) is 48.3 Å². The molecule has 1 fully saturated rings. The van der Waals surface area contributed by atoms with Gasteiger partial charge in [-0.25, -0.2) is 0 Å². The Balaban J connectivity index is 2.20. The van der Waals surface area contributed by atoms with Crippen molar-refractivity contribution < 1.29 is 23.1 Å². The van der Waals surface area contributed by atoms with Crippen molar-refractivity contribution in [2.24, 2.45) is 5.92 Å². The first-order chi connectivity index (χ1) is 15.1. The molecule has 1 heterocycles. The van der Waals surface area contributed by atoms with Crippen molar-refractivity contribution in [3.8, 4) is 0 Å². The molecule has 188 valence electrons. The topological polar surface area (TPSA) is 54.0 Å². The molecule has 0 aromatic heterocycles. The van der Waals surface area contributed by atoms with Crippen molar-refractivity contribution in [3.05, 3.63) is 35.9 Å². The summed E-state index contributed by atoms with van der Waals surface area (Å²) in [5.74, 6) is -0.167. The molecule has 0 bridgehead atoms. The van der Waals surface area contributed by atoms with Gasteiger partial charge in [0.1, 0.15) is 12.4 Å². The second-order valence-electron chi connectivity index (χ2n) is 12.3. The van der Waals surface area contributed by atoms with Gasteiger partial charge in [-0.15, -0.1) is 0 Å². The Labute approximate surface area is 203 Å². The molecule has 0 amide bonds. The number of carbonyl (C=O) groups is 1. The molecule has 4 atom stereocenters. The second-order valence-corrected chi connectivity index (χ2v) is 21.9. The van der Waals surface area contributed by atoms with Gasteiger partial charge in [-0.3, -0.25) is 0 Å². The van der Waals surface area contributed by atoms with Gasteiger partial charge in [0, 0.05) is 18.1 Å². The van der Waals surface area contributed by atoms with Crippen LogP contribution in [0.15, 0.2) is 30.3 Å². The summed E-state index contributed by atoms with van der Waals surface area (Å²) >= 11 is 0. The fraction of sp³-hybridized carbons (Fsp3) is 0.731. The Hall–Kier alpha value is -0.836. The van der Waals surface area contributed by atoms with Crippen LogP contribution >= 0.6 is 0 Å². The van der Waals surface area contributed by atoms with Crippen molar-refractivity contribution in [1.29, 1.82) is 0 Å². The van der Waals surface area contributed by atoms with Crippen LogP contribution in [0.4, 0.5) is 0 Å². The minimum atomic E-state index is -2.08. The maximum atomic E-state index is 12.1. The predicted octanol–water partition coefficient (Wildman–Crippen LogP) is 6.72. The van der Waals surface area contributed by atoms with Crippen molar-refractivity contribution in [1.82, 2.24) is 0 Å². The zero-order chi connectivity index (χ0) is 25.1. The first kappa shape index (κ1) is 28.4. The standard InChI is InChI=1S/C26H46O5Si2/c1-25(2,3)32(7,8)29-17-16-22(31-33(9,10)26(4,5)6)21-19-28-24(30-23(21)18-27)20-14-12-11-13-15-20/h11-15,18,21-24H,16-17,19H2,1-10H3/t21-,22-,23-,24+/m0/s1. The minimum absolute atomic E-state index is 0.0607. The van der Waals surface area contributed by atoms with E-state index in [0.29, 0.717) is 13.2 Å². The molecule has 1 aliphatic rings. The van der Waals surface area contributed by atoms with Crippen LogP contribution in [0, 0.1) is 5.92 Å². The highest BCUT2D eigenvalue weighted by molar-refractivity contribution is 6.74. The van der Waals surface area contributed by atoms with E-state index in [0.717, 1.165) is 18.3 Å².